The van der Waals surface area contributed by atoms with Crippen molar-refractivity contribution in [1.82, 2.24) is 0 Å². The highest BCUT2D eigenvalue weighted by molar-refractivity contribution is 5.68. The highest BCUT2D eigenvalue weighted by atomic mass is 16.7. The minimum Gasteiger partial charge on any atom is -0.463 e. The van der Waals surface area contributed by atoms with Crippen molar-refractivity contribution in [3.63, 3.8) is 0 Å². The lowest BCUT2D eigenvalue weighted by Crippen LogP contribution is -2.64. The molecular formula is C15H18N2O8. The van der Waals surface area contributed by atoms with Gasteiger partial charge in [0, 0.05) is 27.9 Å². The molecule has 0 aromatic rings. The Balaban J connectivity index is 3.38. The number of rotatable bonds is 5. The summed E-state index contributed by atoms with van der Waals surface area (Å²) in [5.41, 5.74) is -2.12. The van der Waals surface area contributed by atoms with E-state index in [-0.39, 0.29) is 0 Å². The molecule has 1 saturated heterocycles. The van der Waals surface area contributed by atoms with Crippen LogP contribution >= 0.6 is 0 Å². The van der Waals surface area contributed by atoms with E-state index >= 15 is 0 Å². The molecule has 4 atom stereocenters. The van der Waals surface area contributed by atoms with Crippen molar-refractivity contribution >= 4 is 17.9 Å². The summed E-state index contributed by atoms with van der Waals surface area (Å²) in [6, 6.07) is 3.49. The zero-order chi connectivity index (χ0) is 19.2. The molecule has 1 aliphatic heterocycles. The molecule has 0 N–H and O–H groups in total. The highest BCUT2D eigenvalue weighted by Gasteiger charge is 2.62. The summed E-state index contributed by atoms with van der Waals surface area (Å²) >= 11 is 0. The molecule has 0 amide bonds. The van der Waals surface area contributed by atoms with Crippen LogP contribution in [-0.4, -0.2) is 56.2 Å². The molecule has 1 rings (SSSR count). The second kappa shape index (κ2) is 8.42. The molecule has 0 aromatic carbocycles. The van der Waals surface area contributed by atoms with E-state index in [0.717, 1.165) is 20.8 Å². The van der Waals surface area contributed by atoms with Crippen molar-refractivity contribution in [3.8, 4) is 12.1 Å². The van der Waals surface area contributed by atoms with E-state index in [0.29, 0.717) is 0 Å². The van der Waals surface area contributed by atoms with Gasteiger partial charge in [-0.15, -0.1) is 0 Å². The number of methoxy groups -OCH3 is 1. The van der Waals surface area contributed by atoms with Gasteiger partial charge in [-0.3, -0.25) is 14.4 Å². The van der Waals surface area contributed by atoms with Gasteiger partial charge in [0.25, 0.3) is 0 Å². The molecule has 0 radical (unpaired) electrons. The van der Waals surface area contributed by atoms with Gasteiger partial charge in [-0.05, 0) is 0 Å². The van der Waals surface area contributed by atoms with Crippen molar-refractivity contribution in [2.75, 3.05) is 13.7 Å². The number of hydrogen-bond acceptors (Lipinski definition) is 10. The first-order valence-electron chi connectivity index (χ1n) is 7.20. The summed E-state index contributed by atoms with van der Waals surface area (Å²) in [5, 5.41) is 19.3. The van der Waals surface area contributed by atoms with Gasteiger partial charge in [-0.1, -0.05) is 0 Å². The Morgan fingerprint density at radius 1 is 1.00 bits per heavy atom. The standard InChI is InChI=1S/C15H18N2O8/c1-8(18)22-5-11-12(23-9(2)19)15(6-16,7-17)13(24-10(3)20)14(21-4)25-11/h11-14H,5H2,1-4H3. The Labute approximate surface area is 144 Å². The minimum atomic E-state index is -2.12. The van der Waals surface area contributed by atoms with Crippen molar-refractivity contribution in [1.29, 1.82) is 10.5 Å². The summed E-state index contributed by atoms with van der Waals surface area (Å²) < 4.78 is 25.6. The van der Waals surface area contributed by atoms with Gasteiger partial charge in [0.15, 0.2) is 18.5 Å². The van der Waals surface area contributed by atoms with Crippen molar-refractivity contribution in [2.24, 2.45) is 5.41 Å². The van der Waals surface area contributed by atoms with Gasteiger partial charge in [0.2, 0.25) is 5.41 Å². The summed E-state index contributed by atoms with van der Waals surface area (Å²) in [5.74, 6) is -2.22. The number of hydrogen-bond donors (Lipinski definition) is 0. The maximum absolute atomic E-state index is 11.5. The summed E-state index contributed by atoms with van der Waals surface area (Å²) in [6.45, 7) is 2.91. The largest absolute Gasteiger partial charge is 0.463 e. The average molecular weight is 354 g/mol. The molecule has 10 heteroatoms. The fraction of sp³-hybridized carbons (Fsp3) is 0.667. The highest BCUT2D eigenvalue weighted by Crippen LogP contribution is 2.41. The first-order valence-corrected chi connectivity index (χ1v) is 7.20. The molecule has 4 unspecified atom stereocenters. The van der Waals surface area contributed by atoms with E-state index in [1.165, 1.54) is 7.11 Å². The SMILES string of the molecule is COC1OC(COC(C)=O)C(OC(C)=O)C(C#N)(C#N)C1OC(C)=O. The lowest BCUT2D eigenvalue weighted by Gasteiger charge is -2.45. The third-order valence-corrected chi connectivity index (χ3v) is 3.43. The van der Waals surface area contributed by atoms with Crippen LogP contribution in [0.15, 0.2) is 0 Å². The number of nitriles is 2. The molecule has 10 nitrogen and oxygen atoms in total. The zero-order valence-electron chi connectivity index (χ0n) is 14.2. The first-order chi connectivity index (χ1) is 11.7. The molecule has 0 saturated carbocycles. The fourth-order valence-corrected chi connectivity index (χ4v) is 2.44. The minimum absolute atomic E-state index is 0.398. The van der Waals surface area contributed by atoms with Crippen LogP contribution < -0.4 is 0 Å². The van der Waals surface area contributed by atoms with Crippen LogP contribution in [0.2, 0.25) is 0 Å². The monoisotopic (exact) mass is 354 g/mol. The molecular weight excluding hydrogens is 336 g/mol. The molecule has 0 bridgehead atoms. The van der Waals surface area contributed by atoms with E-state index < -0.39 is 54.5 Å². The predicted octanol–water partition coefficient (Wildman–Crippen LogP) is -0.182. The molecule has 0 aromatic heterocycles. The Bertz CT molecular complexity index is 606. The van der Waals surface area contributed by atoms with Gasteiger partial charge < -0.3 is 23.7 Å². The first kappa shape index (κ1) is 20.4. The Kier molecular flexibility index (Phi) is 6.86. The Morgan fingerprint density at radius 2 is 1.52 bits per heavy atom. The van der Waals surface area contributed by atoms with Crippen LogP contribution in [0.5, 0.6) is 0 Å². The second-order valence-corrected chi connectivity index (χ2v) is 5.23. The Morgan fingerprint density at radius 3 is 1.92 bits per heavy atom. The number of esters is 3. The molecule has 136 valence electrons. The number of carbonyl (C=O) groups is 3. The smallest absolute Gasteiger partial charge is 0.303 e. The van der Waals surface area contributed by atoms with Crippen LogP contribution in [0, 0.1) is 28.1 Å². The van der Waals surface area contributed by atoms with E-state index in [1.807, 2.05) is 0 Å². The quantitative estimate of drug-likeness (QED) is 0.481. The summed E-state index contributed by atoms with van der Waals surface area (Å²) in [6.07, 6.45) is -5.45. The maximum Gasteiger partial charge on any atom is 0.303 e. The normalized spacial score (nSPS) is 27.3. The van der Waals surface area contributed by atoms with Crippen LogP contribution in [0.3, 0.4) is 0 Å². The van der Waals surface area contributed by atoms with Gasteiger partial charge in [-0.25, -0.2) is 0 Å². The number of ether oxygens (including phenoxy) is 5. The average Bonchev–Trinajstić information content (AvgIpc) is 2.53. The molecule has 1 heterocycles. The maximum atomic E-state index is 11.5. The summed E-state index contributed by atoms with van der Waals surface area (Å²) in [4.78, 5) is 33.9. The molecule has 25 heavy (non-hydrogen) atoms. The zero-order valence-corrected chi connectivity index (χ0v) is 14.2. The third kappa shape index (κ3) is 4.44. The van der Waals surface area contributed by atoms with Crippen molar-refractivity contribution < 1.29 is 38.1 Å². The van der Waals surface area contributed by atoms with Crippen molar-refractivity contribution in [3.05, 3.63) is 0 Å². The predicted molar refractivity (Wildman–Crippen MR) is 77.1 cm³/mol. The van der Waals surface area contributed by atoms with E-state index in [1.54, 1.807) is 12.1 Å². The van der Waals surface area contributed by atoms with Gasteiger partial charge >= 0.3 is 17.9 Å². The Hall–Kier alpha value is -2.69. The lowest BCUT2D eigenvalue weighted by atomic mass is 9.74. The van der Waals surface area contributed by atoms with Crippen molar-refractivity contribution in [2.45, 2.75) is 45.4 Å². The summed E-state index contributed by atoms with van der Waals surface area (Å²) in [7, 11) is 1.22. The molecule has 0 spiro atoms. The van der Waals surface area contributed by atoms with E-state index in [4.69, 9.17) is 23.7 Å². The topological polar surface area (TPSA) is 145 Å². The van der Waals surface area contributed by atoms with Gasteiger partial charge in [0.05, 0.1) is 12.1 Å². The van der Waals surface area contributed by atoms with Gasteiger partial charge in [0.1, 0.15) is 12.7 Å². The number of carbonyl (C=O) groups excluding carboxylic acids is 3. The number of nitrogens with zero attached hydrogens (tertiary/aromatic N) is 2. The van der Waals surface area contributed by atoms with E-state index in [9.17, 15) is 24.9 Å². The van der Waals surface area contributed by atoms with Crippen LogP contribution in [-0.2, 0) is 38.1 Å². The van der Waals surface area contributed by atoms with Gasteiger partial charge in [-0.2, -0.15) is 10.5 Å². The van der Waals surface area contributed by atoms with E-state index in [2.05, 4.69) is 0 Å². The van der Waals surface area contributed by atoms with Crippen LogP contribution in [0.4, 0.5) is 0 Å². The third-order valence-electron chi connectivity index (χ3n) is 3.43. The molecule has 1 aliphatic rings. The molecule has 0 aliphatic carbocycles. The fourth-order valence-electron chi connectivity index (χ4n) is 2.44. The lowest BCUT2D eigenvalue weighted by molar-refractivity contribution is -0.294. The molecule has 1 fully saturated rings. The second-order valence-electron chi connectivity index (χ2n) is 5.23. The van der Waals surface area contributed by atoms with Crippen LogP contribution in [0.1, 0.15) is 20.8 Å². The van der Waals surface area contributed by atoms with Crippen LogP contribution in [0.25, 0.3) is 0 Å².